The molecule has 1 aliphatic rings. The zero-order chi connectivity index (χ0) is 14.8. The third-order valence-corrected chi connectivity index (χ3v) is 3.36. The summed E-state index contributed by atoms with van der Waals surface area (Å²) in [6, 6.07) is 9.01. The summed E-state index contributed by atoms with van der Waals surface area (Å²) >= 11 is 0. The Bertz CT molecular complexity index is 665. The Balaban J connectivity index is 1.62. The van der Waals surface area contributed by atoms with Crippen LogP contribution in [0.5, 0.6) is 5.75 Å². The smallest absolute Gasteiger partial charge is 0.254 e. The van der Waals surface area contributed by atoms with Gasteiger partial charge in [0.05, 0.1) is 12.1 Å². The number of nitrogens with zero attached hydrogens (tertiary/aromatic N) is 1. The molecule has 5 nitrogen and oxygen atoms in total. The fourth-order valence-corrected chi connectivity index (χ4v) is 2.30. The molecule has 2 aromatic rings. The number of fused-ring (bicyclic) bond motifs is 1. The predicted molar refractivity (Wildman–Crippen MR) is 75.5 cm³/mol. The van der Waals surface area contributed by atoms with Crippen LogP contribution in [-0.2, 0) is 6.42 Å². The van der Waals surface area contributed by atoms with Gasteiger partial charge in [-0.05, 0) is 17.7 Å². The first kappa shape index (κ1) is 13.4. The van der Waals surface area contributed by atoms with Crippen molar-refractivity contribution in [3.63, 3.8) is 0 Å². The standard InChI is InChI=1S/C15H14FN3O2/c16-13-11(5-6-18-14(13)17)15(20)19-8-10-7-9-3-1-2-4-12(9)21-10/h1-6,10H,7-8H2,(H2,17,18)(H,19,20). The van der Waals surface area contributed by atoms with Crippen LogP contribution in [0.2, 0.25) is 0 Å². The first-order chi connectivity index (χ1) is 10.1. The molecule has 1 aliphatic heterocycles. The minimum absolute atomic E-state index is 0.113. The molecular formula is C15H14FN3O2. The first-order valence-corrected chi connectivity index (χ1v) is 6.58. The molecule has 0 saturated heterocycles. The number of nitrogens with two attached hydrogens (primary N) is 1. The van der Waals surface area contributed by atoms with Crippen molar-refractivity contribution in [2.24, 2.45) is 0 Å². The Morgan fingerprint density at radius 2 is 2.24 bits per heavy atom. The van der Waals surface area contributed by atoms with Gasteiger partial charge in [-0.2, -0.15) is 0 Å². The summed E-state index contributed by atoms with van der Waals surface area (Å²) in [4.78, 5) is 15.5. The molecule has 3 N–H and O–H groups in total. The van der Waals surface area contributed by atoms with E-state index in [-0.39, 0.29) is 17.5 Å². The molecule has 0 aliphatic carbocycles. The van der Waals surface area contributed by atoms with Gasteiger partial charge >= 0.3 is 0 Å². The molecule has 1 atom stereocenters. The number of nitrogen functional groups attached to an aromatic ring is 1. The highest BCUT2D eigenvalue weighted by atomic mass is 19.1. The number of benzene rings is 1. The number of hydrogen-bond acceptors (Lipinski definition) is 4. The van der Waals surface area contributed by atoms with Gasteiger partial charge in [0.15, 0.2) is 11.6 Å². The van der Waals surface area contributed by atoms with E-state index in [9.17, 15) is 9.18 Å². The SMILES string of the molecule is Nc1nccc(C(=O)NCC2Cc3ccccc3O2)c1F. The van der Waals surface area contributed by atoms with E-state index in [0.717, 1.165) is 17.7 Å². The second kappa shape index (κ2) is 5.40. The number of para-hydroxylation sites is 1. The van der Waals surface area contributed by atoms with Crippen molar-refractivity contribution in [2.75, 3.05) is 12.3 Å². The van der Waals surface area contributed by atoms with Crippen molar-refractivity contribution in [1.29, 1.82) is 0 Å². The molecule has 0 fully saturated rings. The maximum atomic E-state index is 13.7. The largest absolute Gasteiger partial charge is 0.488 e. The van der Waals surface area contributed by atoms with Crippen LogP contribution in [0.15, 0.2) is 36.5 Å². The topological polar surface area (TPSA) is 77.2 Å². The summed E-state index contributed by atoms with van der Waals surface area (Å²) in [5.41, 5.74) is 6.34. The third kappa shape index (κ3) is 2.65. The molecule has 0 bridgehead atoms. The second-order valence-corrected chi connectivity index (χ2v) is 4.82. The summed E-state index contributed by atoms with van der Waals surface area (Å²) < 4.78 is 19.4. The Labute approximate surface area is 120 Å². The van der Waals surface area contributed by atoms with Crippen LogP contribution >= 0.6 is 0 Å². The number of carbonyl (C=O) groups excluding carboxylic acids is 1. The summed E-state index contributed by atoms with van der Waals surface area (Å²) in [5, 5.41) is 2.66. The van der Waals surface area contributed by atoms with Gasteiger partial charge in [-0.25, -0.2) is 9.37 Å². The molecule has 1 amide bonds. The van der Waals surface area contributed by atoms with Crippen molar-refractivity contribution in [3.8, 4) is 5.75 Å². The highest BCUT2D eigenvalue weighted by Gasteiger charge is 2.23. The van der Waals surface area contributed by atoms with Crippen LogP contribution in [-0.4, -0.2) is 23.5 Å². The maximum absolute atomic E-state index is 13.7. The molecule has 3 rings (SSSR count). The van der Waals surface area contributed by atoms with Crippen LogP contribution < -0.4 is 15.8 Å². The van der Waals surface area contributed by atoms with Gasteiger partial charge in [0.25, 0.3) is 5.91 Å². The lowest BCUT2D eigenvalue weighted by atomic mass is 10.1. The van der Waals surface area contributed by atoms with Crippen molar-refractivity contribution < 1.29 is 13.9 Å². The van der Waals surface area contributed by atoms with E-state index in [1.165, 1.54) is 12.3 Å². The molecular weight excluding hydrogens is 273 g/mol. The zero-order valence-corrected chi connectivity index (χ0v) is 11.2. The minimum atomic E-state index is -0.800. The fraction of sp³-hybridized carbons (Fsp3) is 0.200. The molecule has 6 heteroatoms. The van der Waals surface area contributed by atoms with Crippen LogP contribution in [0.3, 0.4) is 0 Å². The molecule has 1 aromatic heterocycles. The third-order valence-electron chi connectivity index (χ3n) is 3.36. The van der Waals surface area contributed by atoms with Gasteiger partial charge in [-0.15, -0.1) is 0 Å². The molecule has 0 saturated carbocycles. The maximum Gasteiger partial charge on any atom is 0.254 e. The van der Waals surface area contributed by atoms with Gasteiger partial charge in [0.2, 0.25) is 0 Å². The molecule has 0 spiro atoms. The average molecular weight is 287 g/mol. The van der Waals surface area contributed by atoms with E-state index < -0.39 is 11.7 Å². The lowest BCUT2D eigenvalue weighted by Gasteiger charge is -2.12. The summed E-state index contributed by atoms with van der Waals surface area (Å²) in [7, 11) is 0. The van der Waals surface area contributed by atoms with E-state index in [0.29, 0.717) is 6.54 Å². The number of nitrogens with one attached hydrogen (secondary N) is 1. The van der Waals surface area contributed by atoms with Crippen molar-refractivity contribution in [3.05, 3.63) is 53.5 Å². The number of hydrogen-bond donors (Lipinski definition) is 2. The van der Waals surface area contributed by atoms with Gasteiger partial charge < -0.3 is 15.8 Å². The van der Waals surface area contributed by atoms with Crippen molar-refractivity contribution in [1.82, 2.24) is 10.3 Å². The lowest BCUT2D eigenvalue weighted by molar-refractivity contribution is 0.0929. The van der Waals surface area contributed by atoms with Crippen molar-refractivity contribution in [2.45, 2.75) is 12.5 Å². The highest BCUT2D eigenvalue weighted by molar-refractivity contribution is 5.95. The highest BCUT2D eigenvalue weighted by Crippen LogP contribution is 2.27. The number of ether oxygens (including phenoxy) is 1. The van der Waals surface area contributed by atoms with Crippen LogP contribution in [0.25, 0.3) is 0 Å². The Kier molecular flexibility index (Phi) is 3.43. The van der Waals surface area contributed by atoms with Crippen LogP contribution in [0, 0.1) is 5.82 Å². The number of pyridine rings is 1. The van der Waals surface area contributed by atoms with Crippen LogP contribution in [0.1, 0.15) is 15.9 Å². The molecule has 1 aromatic carbocycles. The minimum Gasteiger partial charge on any atom is -0.488 e. The van der Waals surface area contributed by atoms with E-state index in [1.807, 2.05) is 24.3 Å². The van der Waals surface area contributed by atoms with E-state index in [2.05, 4.69) is 10.3 Å². The number of anilines is 1. The predicted octanol–water partition coefficient (Wildman–Crippen LogP) is 1.54. The molecule has 0 radical (unpaired) electrons. The Hall–Kier alpha value is -2.63. The molecule has 21 heavy (non-hydrogen) atoms. The molecule has 1 unspecified atom stereocenters. The number of rotatable bonds is 3. The number of aromatic nitrogens is 1. The number of halogens is 1. The fourth-order valence-electron chi connectivity index (χ4n) is 2.30. The summed E-state index contributed by atoms with van der Waals surface area (Å²) in [6.45, 7) is 0.301. The van der Waals surface area contributed by atoms with Gasteiger partial charge in [0.1, 0.15) is 11.9 Å². The Morgan fingerprint density at radius 3 is 3.05 bits per heavy atom. The van der Waals surface area contributed by atoms with Gasteiger partial charge in [-0.1, -0.05) is 18.2 Å². The monoisotopic (exact) mass is 287 g/mol. The van der Waals surface area contributed by atoms with E-state index >= 15 is 0 Å². The van der Waals surface area contributed by atoms with E-state index in [1.54, 1.807) is 0 Å². The second-order valence-electron chi connectivity index (χ2n) is 4.82. The quantitative estimate of drug-likeness (QED) is 0.897. The van der Waals surface area contributed by atoms with Crippen LogP contribution in [0.4, 0.5) is 10.2 Å². The van der Waals surface area contributed by atoms with Gasteiger partial charge in [-0.3, -0.25) is 4.79 Å². The van der Waals surface area contributed by atoms with E-state index in [4.69, 9.17) is 10.5 Å². The summed E-state index contributed by atoms with van der Waals surface area (Å²) in [5.74, 6) is -0.782. The number of amides is 1. The first-order valence-electron chi connectivity index (χ1n) is 6.58. The lowest BCUT2D eigenvalue weighted by Crippen LogP contribution is -2.35. The average Bonchev–Trinajstić information content (AvgIpc) is 2.90. The normalized spacial score (nSPS) is 16.1. The summed E-state index contributed by atoms with van der Waals surface area (Å²) in [6.07, 6.45) is 1.88. The zero-order valence-electron chi connectivity index (χ0n) is 11.2. The number of carbonyl (C=O) groups is 1. The Morgan fingerprint density at radius 1 is 1.43 bits per heavy atom. The molecule has 108 valence electrons. The molecule has 2 heterocycles. The van der Waals surface area contributed by atoms with Gasteiger partial charge in [0, 0.05) is 12.6 Å². The van der Waals surface area contributed by atoms with Crippen molar-refractivity contribution >= 4 is 11.7 Å².